The number of oxazole rings is 1. The maximum atomic E-state index is 14.6. The first-order valence-corrected chi connectivity index (χ1v) is 45.4. The number of aryl methyl sites for hydroxylation is 4. The molecule has 129 heavy (non-hydrogen) atoms. The van der Waals surface area contributed by atoms with Gasteiger partial charge in [0.2, 0.25) is 9.84 Å². The van der Waals surface area contributed by atoms with Gasteiger partial charge in [-0.2, -0.15) is 129 Å². The van der Waals surface area contributed by atoms with Crippen LogP contribution in [0.1, 0.15) is 86.3 Å². The molecular weight excluding hydrogens is 2170 g/mol. The van der Waals surface area contributed by atoms with Gasteiger partial charge in [-0.25, -0.2) is 8.42 Å². The van der Waals surface area contributed by atoms with E-state index < -0.39 is 17.0 Å². The molecule has 0 saturated heterocycles. The molecule has 1 atom stereocenters. The molecule has 8 heterocycles. The summed E-state index contributed by atoms with van der Waals surface area (Å²) in [5.41, 5.74) is 25.9. The van der Waals surface area contributed by atoms with Crippen molar-refractivity contribution in [1.82, 2.24) is 53.9 Å². The topological polar surface area (TPSA) is 166 Å². The molecule has 1 aliphatic carbocycles. The van der Waals surface area contributed by atoms with Gasteiger partial charge in [0.25, 0.3) is 0 Å². The van der Waals surface area contributed by atoms with E-state index in [0.717, 1.165) is 117 Å². The normalized spacial score (nSPS) is 13.1. The predicted octanol–water partition coefficient (Wildman–Crippen LogP) is 23.8. The number of benzene rings is 13. The number of hydrogen-bond donors (Lipinski definition) is 0. The van der Waals surface area contributed by atoms with Crippen LogP contribution < -0.4 is 15.9 Å². The van der Waals surface area contributed by atoms with Gasteiger partial charge in [-0.15, -0.1) is 77.4 Å². The van der Waals surface area contributed by atoms with E-state index in [1.807, 2.05) is 243 Å². The van der Waals surface area contributed by atoms with E-state index in [9.17, 15) is 13.0 Å². The van der Waals surface area contributed by atoms with Crippen molar-refractivity contribution in [1.29, 1.82) is 0 Å². The average molecular weight is 2260 g/mol. The van der Waals surface area contributed by atoms with E-state index in [4.69, 9.17) is 4.42 Å². The van der Waals surface area contributed by atoms with Crippen LogP contribution >= 0.6 is 7.14 Å². The average Bonchev–Trinajstić information content (AvgIpc) is 1.56. The Morgan fingerprint density at radius 1 is 0.380 bits per heavy atom. The Morgan fingerprint density at radius 2 is 0.822 bits per heavy atom. The first-order chi connectivity index (χ1) is 61.7. The standard InChI is InChI=1S/C32H35N2.C27H18N2OP.C21H13N2O2S.C11H11N2.C9H7N2.C9H6NO.3Ir/c1-5-7-19-32(20-8-6-2)30-12-10-9-11-28(30)29-18-15-26(22-31(29)32)25-13-16-27(17-14-25)34-24(4)21-23(3)33-34;30-31(23-7-2-1-3-8-23)26-10-5-4-9-24(26)25-16-13-21(19-27(25)31)20-11-14-22(15-12-20)29-18-6-17-28-29;24-26(25)20-5-2-1-4-18(20)19-11-8-16(14-21(19)26)15-6-9-17(10-7-15)23-13-3-12-22-23;1-9-8-10(2)13(12-9)11-6-4-3-5-7-11;1-2-5-9(6-3-1)11-8-4-7-10-11;1-2-4-8(5-3-1)9-10-6-7-11-9;;;/h9-16,18,21-22H,5-8,19-20H2,1-4H3;1-14,16-19H;1-9,11-14H;3-6,8H,1-2H3;1-5,7-8H;1-4,6-7H;;;/q6*-1;;;. The number of sulfone groups is 1. The number of fused-ring (bicyclic) bond motifs is 9. The second-order valence-corrected chi connectivity index (χ2v) is 35.6. The summed E-state index contributed by atoms with van der Waals surface area (Å²) in [5.74, 6) is 0.616. The molecule has 0 bridgehead atoms. The monoisotopic (exact) mass is 2260 g/mol. The van der Waals surface area contributed by atoms with Gasteiger partial charge in [-0.1, -0.05) is 207 Å². The van der Waals surface area contributed by atoms with E-state index in [0.29, 0.717) is 15.7 Å². The fourth-order valence-corrected chi connectivity index (χ4v) is 21.6. The SMILES string of the molecule is CCCCC1(CCCC)c2ccccc2-c2ccc(-c3c[c-]c(-n4nc(C)cc4C)cc3)cc21.Cc1cc(C)n(-c2[c-]cccc2)n1.O=P1(c2ccccc2)c2ccccc2-c2ccc(-c3c[c-]c(-n4cccn4)cc3)cc21.O=S1(=O)c2ccccc2-c2ccc(-c3c[c-]c(-n4cccn4)cc3)cc21.[Ir].[Ir].[Ir].[c-]1ccccc1-c1ncco1.[c-]1ccccc1-n1cccn1. The van der Waals surface area contributed by atoms with E-state index in [1.165, 1.54) is 71.9 Å². The second-order valence-electron chi connectivity index (χ2n) is 31.0. The van der Waals surface area contributed by atoms with Crippen LogP contribution in [0.3, 0.4) is 0 Å². The fourth-order valence-electron chi connectivity index (χ4n) is 16.8. The summed E-state index contributed by atoms with van der Waals surface area (Å²) < 4.78 is 54.6. The molecule has 1 unspecified atom stereocenters. The molecule has 19 aromatic rings. The van der Waals surface area contributed by atoms with Gasteiger partial charge in [0.05, 0.1) is 33.6 Å². The molecule has 3 aliphatic rings. The molecule has 6 aromatic heterocycles. The Labute approximate surface area is 795 Å². The van der Waals surface area contributed by atoms with Crippen molar-refractivity contribution in [2.45, 2.75) is 95.3 Å². The molecule has 649 valence electrons. The maximum absolute atomic E-state index is 14.6. The second kappa shape index (κ2) is 42.0. The summed E-state index contributed by atoms with van der Waals surface area (Å²) in [6.45, 7) is 12.8. The van der Waals surface area contributed by atoms with Gasteiger partial charge in [-0.05, 0) is 145 Å². The predicted molar refractivity (Wildman–Crippen MR) is 503 cm³/mol. The van der Waals surface area contributed by atoms with Crippen LogP contribution in [0.15, 0.2) is 379 Å². The Kier molecular flexibility index (Phi) is 30.1. The smallest absolute Gasteiger partial charge is 0.207 e. The third-order valence-electron chi connectivity index (χ3n) is 22.8. The zero-order chi connectivity index (χ0) is 86.6. The van der Waals surface area contributed by atoms with Gasteiger partial charge in [-0.3, -0.25) is 28.4 Å². The zero-order valence-electron chi connectivity index (χ0n) is 71.8. The summed E-state index contributed by atoms with van der Waals surface area (Å²) >= 11 is 0. The number of rotatable bonds is 16. The van der Waals surface area contributed by atoms with Crippen molar-refractivity contribution in [3.63, 3.8) is 0 Å². The summed E-state index contributed by atoms with van der Waals surface area (Å²) in [5, 5.41) is 24.2. The van der Waals surface area contributed by atoms with Crippen LogP contribution in [0, 0.1) is 64.1 Å². The molecule has 13 aromatic carbocycles. The molecule has 0 fully saturated rings. The van der Waals surface area contributed by atoms with Gasteiger partial charge < -0.3 is 8.98 Å². The summed E-state index contributed by atoms with van der Waals surface area (Å²) in [7, 11) is -6.39. The van der Waals surface area contributed by atoms with Crippen LogP contribution in [0.4, 0.5) is 0 Å². The summed E-state index contributed by atoms with van der Waals surface area (Å²) in [6.07, 6.45) is 21.4. The third-order valence-corrected chi connectivity index (χ3v) is 27.8. The molecule has 0 amide bonds. The molecule has 0 saturated carbocycles. The van der Waals surface area contributed by atoms with E-state index >= 15 is 0 Å². The maximum Gasteiger partial charge on any atom is 0.207 e. The van der Waals surface area contributed by atoms with Crippen molar-refractivity contribution in [2.75, 3.05) is 0 Å². The minimum atomic E-state index is -3.46. The minimum absolute atomic E-state index is 0. The molecule has 20 heteroatoms. The van der Waals surface area contributed by atoms with Crippen LogP contribution in [0.25, 0.3) is 107 Å². The van der Waals surface area contributed by atoms with Crippen molar-refractivity contribution in [2.24, 2.45) is 0 Å². The number of aromatic nitrogens is 11. The fraction of sp³-hybridized carbons (Fsp3) is 0.119. The zero-order valence-corrected chi connectivity index (χ0v) is 80.7. The van der Waals surface area contributed by atoms with Gasteiger partial charge in [0.1, 0.15) is 5.89 Å². The quantitative estimate of drug-likeness (QED) is 0.0671. The largest absolute Gasteiger partial charge is 0.489 e. The number of nitrogens with zero attached hydrogens (tertiary/aromatic N) is 11. The van der Waals surface area contributed by atoms with Crippen molar-refractivity contribution in [3.05, 3.63) is 435 Å². The first-order valence-electron chi connectivity index (χ1n) is 42.2. The molecular formula is C109H90Ir3N11O4PS-6. The van der Waals surface area contributed by atoms with Gasteiger partial charge in [0, 0.05) is 141 Å². The van der Waals surface area contributed by atoms with E-state index in [2.05, 4.69) is 191 Å². The van der Waals surface area contributed by atoms with Crippen molar-refractivity contribution in [3.8, 4) is 107 Å². The first kappa shape index (κ1) is 92.4. The van der Waals surface area contributed by atoms with Gasteiger partial charge >= 0.3 is 0 Å². The van der Waals surface area contributed by atoms with Crippen LogP contribution in [0.5, 0.6) is 0 Å². The summed E-state index contributed by atoms with van der Waals surface area (Å²) in [4.78, 5) is 4.74. The molecule has 2 aliphatic heterocycles. The number of para-hydroxylation sites is 2. The van der Waals surface area contributed by atoms with Crippen molar-refractivity contribution < 1.29 is 77.7 Å². The van der Waals surface area contributed by atoms with E-state index in [1.54, 1.807) is 63.3 Å². The molecule has 22 rings (SSSR count). The van der Waals surface area contributed by atoms with Crippen molar-refractivity contribution >= 4 is 32.9 Å². The number of hydrogen-bond acceptors (Lipinski definition) is 10. The van der Waals surface area contributed by atoms with Gasteiger partial charge in [0.15, 0.2) is 7.14 Å². The van der Waals surface area contributed by atoms with Crippen LogP contribution in [-0.4, -0.2) is 62.3 Å². The van der Waals surface area contributed by atoms with Crippen LogP contribution in [0.2, 0.25) is 0 Å². The molecule has 3 radical (unpaired) electrons. The Hall–Kier alpha value is -12.8. The number of unbranched alkanes of at least 4 members (excludes halogenated alkanes) is 2. The van der Waals surface area contributed by atoms with Crippen LogP contribution in [-0.2, 0) is 80.1 Å². The third kappa shape index (κ3) is 19.8. The van der Waals surface area contributed by atoms with E-state index in [-0.39, 0.29) is 65.7 Å². The minimum Gasteiger partial charge on any atom is -0.489 e. The Balaban J connectivity index is 0.000000131. The summed E-state index contributed by atoms with van der Waals surface area (Å²) in [6, 6.07) is 124. The Morgan fingerprint density at radius 3 is 1.33 bits per heavy atom. The molecule has 0 N–H and O–H groups in total. The molecule has 0 spiro atoms. The Bertz CT molecular complexity index is 6980. The molecule has 15 nitrogen and oxygen atoms in total.